The maximum atomic E-state index is 9.49. The fourth-order valence-electron chi connectivity index (χ4n) is 3.73. The van der Waals surface area contributed by atoms with Crippen molar-refractivity contribution in [2.24, 2.45) is 0 Å². The largest absolute Gasteiger partial charge is 0.396 e. The number of piperazine rings is 1. The molecule has 1 aliphatic rings. The maximum absolute atomic E-state index is 9.49. The Balaban J connectivity index is 1.65. The van der Waals surface area contributed by atoms with Gasteiger partial charge >= 0.3 is 0 Å². The third-order valence-corrected chi connectivity index (χ3v) is 5.37. The van der Waals surface area contributed by atoms with Crippen LogP contribution in [0.1, 0.15) is 31.4 Å². The van der Waals surface area contributed by atoms with Crippen molar-refractivity contribution in [2.75, 3.05) is 32.8 Å². The van der Waals surface area contributed by atoms with Crippen molar-refractivity contribution in [3.63, 3.8) is 0 Å². The number of hydrogen-bond acceptors (Lipinski definition) is 4. The quantitative estimate of drug-likeness (QED) is 0.763. The van der Waals surface area contributed by atoms with Crippen LogP contribution in [0.2, 0.25) is 0 Å². The van der Waals surface area contributed by atoms with E-state index >= 15 is 0 Å². The molecule has 146 valence electrons. The lowest BCUT2D eigenvalue weighted by molar-refractivity contribution is 0.0636. The van der Waals surface area contributed by atoms with Crippen LogP contribution in [0.3, 0.4) is 0 Å². The zero-order valence-corrected chi connectivity index (χ0v) is 16.8. The number of aryl methyl sites for hydroxylation is 1. The van der Waals surface area contributed by atoms with Crippen LogP contribution in [-0.4, -0.2) is 63.5 Å². The van der Waals surface area contributed by atoms with Gasteiger partial charge in [0.05, 0.1) is 5.69 Å². The summed E-state index contributed by atoms with van der Waals surface area (Å²) in [6.07, 6.45) is 6.90. The van der Waals surface area contributed by atoms with Crippen molar-refractivity contribution in [2.45, 2.75) is 39.8 Å². The van der Waals surface area contributed by atoms with Gasteiger partial charge in [0.15, 0.2) is 0 Å². The second kappa shape index (κ2) is 9.31. The van der Waals surface area contributed by atoms with E-state index in [0.717, 1.165) is 44.8 Å². The van der Waals surface area contributed by atoms with Gasteiger partial charge in [-0.25, -0.2) is 4.68 Å². The Morgan fingerprint density at radius 1 is 1.30 bits per heavy atom. The topological polar surface area (TPSA) is 44.5 Å². The number of rotatable bonds is 7. The molecule has 1 aliphatic heterocycles. The van der Waals surface area contributed by atoms with Crippen molar-refractivity contribution in [3.05, 3.63) is 59.4 Å². The van der Waals surface area contributed by atoms with E-state index in [1.165, 1.54) is 16.7 Å². The number of hydrogen-bond donors (Lipinski definition) is 1. The standard InChI is InChI=1S/C22H32N4O/c1-18(2)7-11-25-13-12-24(17-22(25)8-14-27)16-20-5-6-21(15-19(20)3)26-10-4-9-23-26/h4-7,9-10,15,22,27H,8,11-14,16-17H2,1-3H3. The highest BCUT2D eigenvalue weighted by Crippen LogP contribution is 2.19. The molecule has 3 rings (SSSR count). The summed E-state index contributed by atoms with van der Waals surface area (Å²) < 4.78 is 1.90. The van der Waals surface area contributed by atoms with Crippen molar-refractivity contribution < 1.29 is 5.11 Å². The minimum absolute atomic E-state index is 0.251. The third-order valence-electron chi connectivity index (χ3n) is 5.37. The Hall–Kier alpha value is -1.95. The van der Waals surface area contributed by atoms with Gasteiger partial charge < -0.3 is 5.11 Å². The lowest BCUT2D eigenvalue weighted by Gasteiger charge is -2.41. The summed E-state index contributed by atoms with van der Waals surface area (Å²) in [6.45, 7) is 11.8. The number of aromatic nitrogens is 2. The molecular formula is C22H32N4O. The Kier molecular flexibility index (Phi) is 6.83. The molecule has 2 aromatic rings. The first-order valence-corrected chi connectivity index (χ1v) is 9.87. The van der Waals surface area contributed by atoms with E-state index in [9.17, 15) is 5.11 Å². The van der Waals surface area contributed by atoms with E-state index in [0.29, 0.717) is 6.04 Å². The van der Waals surface area contributed by atoms with Gasteiger partial charge in [-0.15, -0.1) is 0 Å². The van der Waals surface area contributed by atoms with Crippen molar-refractivity contribution in [3.8, 4) is 5.69 Å². The molecule has 1 aromatic carbocycles. The molecule has 1 N–H and O–H groups in total. The molecule has 0 bridgehead atoms. The van der Waals surface area contributed by atoms with Crippen LogP contribution in [0.15, 0.2) is 48.3 Å². The summed E-state index contributed by atoms with van der Waals surface area (Å²) in [5.74, 6) is 0. The first-order chi connectivity index (χ1) is 13.1. The summed E-state index contributed by atoms with van der Waals surface area (Å²) in [5, 5.41) is 13.8. The van der Waals surface area contributed by atoms with E-state index in [-0.39, 0.29) is 6.61 Å². The van der Waals surface area contributed by atoms with E-state index in [4.69, 9.17) is 0 Å². The van der Waals surface area contributed by atoms with Crippen molar-refractivity contribution in [1.82, 2.24) is 19.6 Å². The summed E-state index contributed by atoms with van der Waals surface area (Å²) in [6, 6.07) is 8.94. The number of aliphatic hydroxyl groups is 1. The summed E-state index contributed by atoms with van der Waals surface area (Å²) in [5.41, 5.74) is 5.12. The SMILES string of the molecule is CC(C)=CCN1CCN(Cc2ccc(-n3cccn3)cc2C)CC1CCO. The summed E-state index contributed by atoms with van der Waals surface area (Å²) in [4.78, 5) is 5.03. The molecular weight excluding hydrogens is 336 g/mol. The van der Waals surface area contributed by atoms with Crippen LogP contribution in [0.4, 0.5) is 0 Å². The molecule has 1 aromatic heterocycles. The molecule has 1 saturated heterocycles. The predicted molar refractivity (Wildman–Crippen MR) is 110 cm³/mol. The second-order valence-electron chi connectivity index (χ2n) is 7.74. The van der Waals surface area contributed by atoms with Crippen LogP contribution in [0.25, 0.3) is 5.69 Å². The van der Waals surface area contributed by atoms with E-state index in [1.54, 1.807) is 6.20 Å². The number of allylic oxidation sites excluding steroid dienone is 1. The zero-order valence-electron chi connectivity index (χ0n) is 16.8. The van der Waals surface area contributed by atoms with Gasteiger partial charge in [-0.05, 0) is 56.5 Å². The van der Waals surface area contributed by atoms with Crippen molar-refractivity contribution in [1.29, 1.82) is 0 Å². The fraction of sp³-hybridized carbons (Fsp3) is 0.500. The molecule has 0 aliphatic carbocycles. The normalized spacial score (nSPS) is 18.6. The van der Waals surface area contributed by atoms with Gasteiger partial charge in [0.25, 0.3) is 0 Å². The highest BCUT2D eigenvalue weighted by atomic mass is 16.3. The third kappa shape index (κ3) is 5.28. The Morgan fingerprint density at radius 2 is 2.15 bits per heavy atom. The Morgan fingerprint density at radius 3 is 2.81 bits per heavy atom. The van der Waals surface area contributed by atoms with Gasteiger partial charge in [0.2, 0.25) is 0 Å². The molecule has 0 radical (unpaired) electrons. The highest BCUT2D eigenvalue weighted by molar-refractivity contribution is 5.39. The van der Waals surface area contributed by atoms with Gasteiger partial charge in [0, 0.05) is 57.8 Å². The van der Waals surface area contributed by atoms with Crippen LogP contribution in [-0.2, 0) is 6.54 Å². The minimum atomic E-state index is 0.251. The maximum Gasteiger partial charge on any atom is 0.0648 e. The van der Waals surface area contributed by atoms with Crippen molar-refractivity contribution >= 4 is 0 Å². The Bertz CT molecular complexity index is 750. The highest BCUT2D eigenvalue weighted by Gasteiger charge is 2.26. The molecule has 2 heterocycles. The number of aliphatic hydroxyl groups excluding tert-OH is 1. The molecule has 5 nitrogen and oxygen atoms in total. The zero-order chi connectivity index (χ0) is 19.2. The van der Waals surface area contributed by atoms with Gasteiger partial charge in [-0.2, -0.15) is 5.10 Å². The van der Waals surface area contributed by atoms with E-state index in [2.05, 4.69) is 59.9 Å². The monoisotopic (exact) mass is 368 g/mol. The number of nitrogens with zero attached hydrogens (tertiary/aromatic N) is 4. The summed E-state index contributed by atoms with van der Waals surface area (Å²) in [7, 11) is 0. The summed E-state index contributed by atoms with van der Waals surface area (Å²) >= 11 is 0. The second-order valence-corrected chi connectivity index (χ2v) is 7.74. The first-order valence-electron chi connectivity index (χ1n) is 9.87. The molecule has 0 saturated carbocycles. The molecule has 1 atom stereocenters. The van der Waals surface area contributed by atoms with Gasteiger partial charge in [-0.3, -0.25) is 9.80 Å². The van der Waals surface area contributed by atoms with Gasteiger partial charge in [-0.1, -0.05) is 17.7 Å². The predicted octanol–water partition coefficient (Wildman–Crippen LogP) is 3.02. The van der Waals surface area contributed by atoms with Crippen LogP contribution in [0, 0.1) is 6.92 Å². The molecule has 0 spiro atoms. The smallest absolute Gasteiger partial charge is 0.0648 e. The van der Waals surface area contributed by atoms with E-state index < -0.39 is 0 Å². The van der Waals surface area contributed by atoms with Gasteiger partial charge in [0.1, 0.15) is 0 Å². The average molecular weight is 369 g/mol. The lowest BCUT2D eigenvalue weighted by Crippen LogP contribution is -2.53. The molecule has 1 fully saturated rings. The first kappa shape index (κ1) is 19.8. The van der Waals surface area contributed by atoms with Crippen LogP contribution >= 0.6 is 0 Å². The minimum Gasteiger partial charge on any atom is -0.396 e. The lowest BCUT2D eigenvalue weighted by atomic mass is 10.0. The average Bonchev–Trinajstić information content (AvgIpc) is 3.17. The fourth-order valence-corrected chi connectivity index (χ4v) is 3.73. The van der Waals surface area contributed by atoms with E-state index in [1.807, 2.05) is 16.9 Å². The molecule has 27 heavy (non-hydrogen) atoms. The molecule has 0 amide bonds. The van der Waals surface area contributed by atoms with Crippen LogP contribution < -0.4 is 0 Å². The number of benzene rings is 1. The Labute approximate surface area is 162 Å². The van der Waals surface area contributed by atoms with Crippen LogP contribution in [0.5, 0.6) is 0 Å². The molecule has 1 unspecified atom stereocenters. The molecule has 5 heteroatoms.